The number of nitrogens with two attached hydrogens (primary N) is 1. The van der Waals surface area contributed by atoms with Crippen molar-refractivity contribution < 1.29 is 5.11 Å². The minimum atomic E-state index is -0.502. The van der Waals surface area contributed by atoms with Crippen molar-refractivity contribution >= 4 is 11.8 Å². The van der Waals surface area contributed by atoms with E-state index in [0.29, 0.717) is 12.3 Å². The predicted molar refractivity (Wildman–Crippen MR) is 67.7 cm³/mol. The Morgan fingerprint density at radius 2 is 2.12 bits per heavy atom. The van der Waals surface area contributed by atoms with E-state index in [1.807, 2.05) is 4.57 Å². The lowest BCUT2D eigenvalue weighted by Crippen LogP contribution is -2.27. The lowest BCUT2D eigenvalue weighted by Gasteiger charge is -2.20. The fourth-order valence-corrected chi connectivity index (χ4v) is 3.45. The third-order valence-corrected chi connectivity index (χ3v) is 4.54. The summed E-state index contributed by atoms with van der Waals surface area (Å²) in [5.74, 6) is 1.52. The Kier molecular flexibility index (Phi) is 4.06. The van der Waals surface area contributed by atoms with Crippen LogP contribution in [0.15, 0.2) is 5.16 Å². The number of hydrogen-bond acceptors (Lipinski definition) is 5. The molecule has 1 aliphatic carbocycles. The van der Waals surface area contributed by atoms with Crippen molar-refractivity contribution in [3.05, 3.63) is 5.82 Å². The Morgan fingerprint density at radius 3 is 2.71 bits per heavy atom. The van der Waals surface area contributed by atoms with Crippen LogP contribution < -0.4 is 5.73 Å². The number of rotatable bonds is 5. The first-order valence-electron chi connectivity index (χ1n) is 6.16. The van der Waals surface area contributed by atoms with Crippen molar-refractivity contribution in [2.75, 3.05) is 5.75 Å². The fourth-order valence-electron chi connectivity index (χ4n) is 2.27. The van der Waals surface area contributed by atoms with Gasteiger partial charge in [0.2, 0.25) is 0 Å². The van der Waals surface area contributed by atoms with Gasteiger partial charge in [-0.1, -0.05) is 24.6 Å². The highest BCUT2D eigenvalue weighted by Crippen LogP contribution is 2.34. The molecule has 0 aliphatic heterocycles. The summed E-state index contributed by atoms with van der Waals surface area (Å²) in [4.78, 5) is 0. The molecule has 1 fully saturated rings. The van der Waals surface area contributed by atoms with Crippen LogP contribution in [0.1, 0.15) is 38.4 Å². The number of thioether (sulfide) groups is 1. The topological polar surface area (TPSA) is 77.0 Å². The van der Waals surface area contributed by atoms with Crippen LogP contribution >= 0.6 is 11.8 Å². The van der Waals surface area contributed by atoms with Crippen LogP contribution in [0.3, 0.4) is 0 Å². The Bertz CT molecular complexity index is 374. The van der Waals surface area contributed by atoms with Gasteiger partial charge in [0.25, 0.3) is 0 Å². The molecule has 1 heterocycles. The van der Waals surface area contributed by atoms with Gasteiger partial charge in [-0.2, -0.15) is 0 Å². The standard InChI is InChI=1S/C11H20N4OS/c1-2-15-9(7-12)13-14-10(15)17-8-11(16)5-3-4-6-11/h16H,2-8,12H2,1H3. The molecule has 6 heteroatoms. The summed E-state index contributed by atoms with van der Waals surface area (Å²) in [6.07, 6.45) is 4.07. The highest BCUT2D eigenvalue weighted by molar-refractivity contribution is 7.99. The summed E-state index contributed by atoms with van der Waals surface area (Å²) < 4.78 is 2.02. The van der Waals surface area contributed by atoms with E-state index >= 15 is 0 Å². The molecule has 96 valence electrons. The smallest absolute Gasteiger partial charge is 0.191 e. The zero-order valence-electron chi connectivity index (χ0n) is 10.2. The van der Waals surface area contributed by atoms with Gasteiger partial charge in [-0.05, 0) is 19.8 Å². The lowest BCUT2D eigenvalue weighted by atomic mass is 10.1. The van der Waals surface area contributed by atoms with Gasteiger partial charge >= 0.3 is 0 Å². The highest BCUT2D eigenvalue weighted by Gasteiger charge is 2.31. The molecular weight excluding hydrogens is 236 g/mol. The third-order valence-electron chi connectivity index (χ3n) is 3.30. The first-order chi connectivity index (χ1) is 8.18. The number of hydrogen-bond donors (Lipinski definition) is 2. The third kappa shape index (κ3) is 2.81. The van der Waals surface area contributed by atoms with Crippen LogP contribution in [0.2, 0.25) is 0 Å². The van der Waals surface area contributed by atoms with E-state index in [0.717, 1.165) is 43.2 Å². The monoisotopic (exact) mass is 256 g/mol. The van der Waals surface area contributed by atoms with E-state index in [9.17, 15) is 5.11 Å². The molecule has 0 atom stereocenters. The van der Waals surface area contributed by atoms with Crippen LogP contribution in [0, 0.1) is 0 Å². The molecule has 2 rings (SSSR count). The molecule has 0 aromatic carbocycles. The molecule has 0 bridgehead atoms. The largest absolute Gasteiger partial charge is 0.389 e. The van der Waals surface area contributed by atoms with Crippen LogP contribution in [-0.4, -0.2) is 31.2 Å². The highest BCUT2D eigenvalue weighted by atomic mass is 32.2. The average molecular weight is 256 g/mol. The molecule has 3 N–H and O–H groups in total. The maximum absolute atomic E-state index is 10.3. The van der Waals surface area contributed by atoms with E-state index in [1.54, 1.807) is 11.8 Å². The molecule has 1 aromatic heterocycles. The van der Waals surface area contributed by atoms with Gasteiger partial charge in [-0.15, -0.1) is 10.2 Å². The molecule has 0 spiro atoms. The van der Waals surface area contributed by atoms with Crippen molar-refractivity contribution in [3.63, 3.8) is 0 Å². The van der Waals surface area contributed by atoms with E-state index in [4.69, 9.17) is 5.73 Å². The molecule has 5 nitrogen and oxygen atoms in total. The van der Waals surface area contributed by atoms with E-state index in [-0.39, 0.29) is 0 Å². The van der Waals surface area contributed by atoms with Crippen LogP contribution in [0.5, 0.6) is 0 Å². The van der Waals surface area contributed by atoms with Crippen LogP contribution in [0.25, 0.3) is 0 Å². The lowest BCUT2D eigenvalue weighted by molar-refractivity contribution is 0.0732. The molecule has 0 saturated heterocycles. The molecular formula is C11H20N4OS. The Morgan fingerprint density at radius 1 is 1.41 bits per heavy atom. The molecule has 17 heavy (non-hydrogen) atoms. The quantitative estimate of drug-likeness (QED) is 0.773. The molecule has 0 radical (unpaired) electrons. The Balaban J connectivity index is 2.01. The van der Waals surface area contributed by atoms with Gasteiger partial charge < -0.3 is 15.4 Å². The molecule has 1 aromatic rings. The molecule has 1 saturated carbocycles. The van der Waals surface area contributed by atoms with Crippen LogP contribution in [0.4, 0.5) is 0 Å². The minimum absolute atomic E-state index is 0.408. The summed E-state index contributed by atoms with van der Waals surface area (Å²) in [6.45, 7) is 3.28. The van der Waals surface area contributed by atoms with Crippen molar-refractivity contribution in [3.8, 4) is 0 Å². The summed E-state index contributed by atoms with van der Waals surface area (Å²) >= 11 is 1.59. The summed E-state index contributed by atoms with van der Waals surface area (Å²) in [5, 5.41) is 19.3. The van der Waals surface area contributed by atoms with Gasteiger partial charge in [-0.3, -0.25) is 0 Å². The zero-order valence-corrected chi connectivity index (χ0v) is 11.0. The first-order valence-corrected chi connectivity index (χ1v) is 7.14. The molecule has 0 unspecified atom stereocenters. The Hall–Kier alpha value is -0.590. The number of aromatic nitrogens is 3. The summed E-state index contributed by atoms with van der Waals surface area (Å²) in [6, 6.07) is 0. The van der Waals surface area contributed by atoms with Crippen molar-refractivity contribution in [1.82, 2.24) is 14.8 Å². The predicted octanol–water partition coefficient (Wildman–Crippen LogP) is 1.15. The molecule has 0 amide bonds. The Labute approximate surface area is 106 Å². The second kappa shape index (κ2) is 5.37. The zero-order chi connectivity index (χ0) is 12.3. The van der Waals surface area contributed by atoms with E-state index < -0.39 is 5.60 Å². The van der Waals surface area contributed by atoms with Crippen molar-refractivity contribution in [2.24, 2.45) is 5.73 Å². The number of nitrogens with zero attached hydrogens (tertiary/aromatic N) is 3. The van der Waals surface area contributed by atoms with Gasteiger partial charge in [0.05, 0.1) is 12.1 Å². The SMILES string of the molecule is CCn1c(CN)nnc1SCC1(O)CCCC1. The van der Waals surface area contributed by atoms with E-state index in [2.05, 4.69) is 17.1 Å². The number of aliphatic hydroxyl groups is 1. The van der Waals surface area contributed by atoms with Gasteiger partial charge in [-0.25, -0.2) is 0 Å². The van der Waals surface area contributed by atoms with Crippen LogP contribution in [-0.2, 0) is 13.1 Å². The van der Waals surface area contributed by atoms with Gasteiger partial charge in [0, 0.05) is 12.3 Å². The average Bonchev–Trinajstić information content (AvgIpc) is 2.92. The summed E-state index contributed by atoms with van der Waals surface area (Å²) in [5.41, 5.74) is 5.10. The minimum Gasteiger partial charge on any atom is -0.389 e. The molecule has 1 aliphatic rings. The fraction of sp³-hybridized carbons (Fsp3) is 0.818. The second-order valence-electron chi connectivity index (χ2n) is 4.57. The van der Waals surface area contributed by atoms with Gasteiger partial charge in [0.15, 0.2) is 5.16 Å². The van der Waals surface area contributed by atoms with Crippen molar-refractivity contribution in [2.45, 2.75) is 56.5 Å². The summed E-state index contributed by atoms with van der Waals surface area (Å²) in [7, 11) is 0. The second-order valence-corrected chi connectivity index (χ2v) is 5.51. The van der Waals surface area contributed by atoms with Gasteiger partial charge in [0.1, 0.15) is 5.82 Å². The van der Waals surface area contributed by atoms with E-state index in [1.165, 1.54) is 0 Å². The maximum atomic E-state index is 10.3. The van der Waals surface area contributed by atoms with Crippen molar-refractivity contribution in [1.29, 1.82) is 0 Å². The first kappa shape index (κ1) is 12.9. The normalized spacial score (nSPS) is 18.8. The maximum Gasteiger partial charge on any atom is 0.191 e.